The van der Waals surface area contributed by atoms with E-state index < -0.39 is 15.9 Å². The Kier molecular flexibility index (Phi) is 8.43. The van der Waals surface area contributed by atoms with Crippen LogP contribution >= 0.6 is 0 Å². The molecule has 10 heteroatoms. The lowest BCUT2D eigenvalue weighted by Crippen LogP contribution is -2.43. The summed E-state index contributed by atoms with van der Waals surface area (Å²) in [5.41, 5.74) is 0.716. The maximum atomic E-state index is 13.1. The number of hydrogen-bond donors (Lipinski definition) is 2. The number of methoxy groups -OCH3 is 2. The quantitative estimate of drug-likeness (QED) is 0.537. The molecule has 1 saturated heterocycles. The zero-order valence-electron chi connectivity index (χ0n) is 18.7. The van der Waals surface area contributed by atoms with Crippen molar-refractivity contribution < 1.29 is 27.5 Å². The number of piperidine rings is 1. The maximum absolute atomic E-state index is 13.1. The lowest BCUT2D eigenvalue weighted by molar-refractivity contribution is -0.120. The molecule has 2 amide bonds. The molecule has 0 unspecified atom stereocenters. The van der Waals surface area contributed by atoms with Gasteiger partial charge in [-0.05, 0) is 49.2 Å². The minimum Gasteiger partial charge on any atom is -0.497 e. The number of anilines is 1. The van der Waals surface area contributed by atoms with Crippen LogP contribution in [0.25, 0.3) is 0 Å². The van der Waals surface area contributed by atoms with E-state index in [1.54, 1.807) is 43.5 Å². The normalized spacial score (nSPS) is 16.7. The molecule has 0 spiro atoms. The smallest absolute Gasteiger partial charge is 0.253 e. The largest absolute Gasteiger partial charge is 0.497 e. The van der Waals surface area contributed by atoms with Gasteiger partial charge in [0.05, 0.1) is 35.8 Å². The number of ether oxygens (including phenoxy) is 2. The fourth-order valence-electron chi connectivity index (χ4n) is 3.66. The van der Waals surface area contributed by atoms with Gasteiger partial charge >= 0.3 is 0 Å². The summed E-state index contributed by atoms with van der Waals surface area (Å²) in [6.45, 7) is 1.14. The van der Waals surface area contributed by atoms with Crippen molar-refractivity contribution in [2.75, 3.05) is 45.8 Å². The second kappa shape index (κ2) is 11.3. The van der Waals surface area contributed by atoms with Crippen molar-refractivity contribution in [2.24, 2.45) is 5.92 Å². The first-order valence-corrected chi connectivity index (χ1v) is 12.1. The van der Waals surface area contributed by atoms with Crippen molar-refractivity contribution in [1.29, 1.82) is 0 Å². The Morgan fingerprint density at radius 2 is 1.82 bits per heavy atom. The van der Waals surface area contributed by atoms with Crippen LogP contribution in [0.1, 0.15) is 23.2 Å². The zero-order chi connectivity index (χ0) is 23.8. The predicted octanol–water partition coefficient (Wildman–Crippen LogP) is 2.11. The summed E-state index contributed by atoms with van der Waals surface area (Å²) in [4.78, 5) is 25.6. The highest BCUT2D eigenvalue weighted by atomic mass is 32.2. The number of para-hydroxylation sites is 1. The Hall–Kier alpha value is -2.95. The third kappa shape index (κ3) is 6.10. The first kappa shape index (κ1) is 24.7. The average Bonchev–Trinajstić information content (AvgIpc) is 2.84. The molecule has 178 valence electrons. The highest BCUT2D eigenvalue weighted by Gasteiger charge is 2.33. The van der Waals surface area contributed by atoms with Crippen molar-refractivity contribution in [2.45, 2.75) is 17.7 Å². The van der Waals surface area contributed by atoms with Crippen molar-refractivity contribution in [3.8, 4) is 5.75 Å². The molecule has 2 N–H and O–H groups in total. The molecule has 0 aliphatic carbocycles. The third-order valence-electron chi connectivity index (χ3n) is 5.47. The molecule has 1 heterocycles. The first-order valence-electron chi connectivity index (χ1n) is 10.7. The summed E-state index contributed by atoms with van der Waals surface area (Å²) in [7, 11) is -0.682. The van der Waals surface area contributed by atoms with Gasteiger partial charge in [0.2, 0.25) is 15.9 Å². The minimum atomic E-state index is -3.74. The lowest BCUT2D eigenvalue weighted by atomic mass is 9.98. The molecule has 0 saturated carbocycles. The molecule has 33 heavy (non-hydrogen) atoms. The van der Waals surface area contributed by atoms with E-state index >= 15 is 0 Å². The predicted molar refractivity (Wildman–Crippen MR) is 124 cm³/mol. The van der Waals surface area contributed by atoms with E-state index in [-0.39, 0.29) is 23.3 Å². The highest BCUT2D eigenvalue weighted by Crippen LogP contribution is 2.26. The Morgan fingerprint density at radius 3 is 2.52 bits per heavy atom. The van der Waals surface area contributed by atoms with E-state index in [4.69, 9.17) is 9.47 Å². The molecule has 0 radical (unpaired) electrons. The zero-order valence-corrected chi connectivity index (χ0v) is 19.6. The van der Waals surface area contributed by atoms with E-state index in [2.05, 4.69) is 10.6 Å². The summed E-state index contributed by atoms with van der Waals surface area (Å²) in [5, 5.41) is 5.54. The van der Waals surface area contributed by atoms with Crippen LogP contribution in [0, 0.1) is 5.92 Å². The van der Waals surface area contributed by atoms with Crippen LogP contribution in [-0.4, -0.2) is 65.0 Å². The van der Waals surface area contributed by atoms with E-state index in [1.165, 1.54) is 23.5 Å². The lowest BCUT2D eigenvalue weighted by Gasteiger charge is -2.31. The molecule has 9 nitrogen and oxygen atoms in total. The molecule has 2 aromatic carbocycles. The van der Waals surface area contributed by atoms with Gasteiger partial charge in [-0.1, -0.05) is 12.1 Å². The SMILES string of the molecule is COCCNC(=O)c1ccccc1NC(=O)[C@H]1CCCN(S(=O)(=O)c2ccc(OC)cc2)C1. The topological polar surface area (TPSA) is 114 Å². The van der Waals surface area contributed by atoms with Gasteiger partial charge < -0.3 is 20.1 Å². The van der Waals surface area contributed by atoms with E-state index in [9.17, 15) is 18.0 Å². The van der Waals surface area contributed by atoms with Gasteiger partial charge in [-0.25, -0.2) is 8.42 Å². The van der Waals surface area contributed by atoms with Gasteiger partial charge in [0, 0.05) is 26.7 Å². The van der Waals surface area contributed by atoms with Crippen molar-refractivity contribution >= 4 is 27.5 Å². The van der Waals surface area contributed by atoms with Gasteiger partial charge in [-0.3, -0.25) is 9.59 Å². The fourth-order valence-corrected chi connectivity index (χ4v) is 5.18. The Bertz CT molecular complexity index is 1070. The molecule has 1 aliphatic rings. The third-order valence-corrected chi connectivity index (χ3v) is 7.35. The molecule has 0 bridgehead atoms. The van der Waals surface area contributed by atoms with Crippen LogP contribution in [0.4, 0.5) is 5.69 Å². The number of rotatable bonds is 9. The number of carbonyl (C=O) groups is 2. The highest BCUT2D eigenvalue weighted by molar-refractivity contribution is 7.89. The Balaban J connectivity index is 1.69. The van der Waals surface area contributed by atoms with Gasteiger partial charge in [0.15, 0.2) is 0 Å². The fraction of sp³-hybridized carbons (Fsp3) is 0.391. The monoisotopic (exact) mass is 475 g/mol. The van der Waals surface area contributed by atoms with Crippen LogP contribution in [0.15, 0.2) is 53.4 Å². The van der Waals surface area contributed by atoms with Gasteiger partial charge in [-0.2, -0.15) is 4.31 Å². The molecule has 2 aromatic rings. The van der Waals surface area contributed by atoms with Crippen LogP contribution in [0.2, 0.25) is 0 Å². The second-order valence-corrected chi connectivity index (χ2v) is 9.60. The average molecular weight is 476 g/mol. The van der Waals surface area contributed by atoms with Crippen LogP contribution < -0.4 is 15.4 Å². The summed E-state index contributed by atoms with van der Waals surface area (Å²) in [6.07, 6.45) is 1.12. The molecule has 0 aromatic heterocycles. The number of nitrogens with one attached hydrogen (secondary N) is 2. The number of sulfonamides is 1. The maximum Gasteiger partial charge on any atom is 0.253 e. The van der Waals surface area contributed by atoms with Gasteiger partial charge in [-0.15, -0.1) is 0 Å². The number of benzene rings is 2. The van der Waals surface area contributed by atoms with E-state index in [0.717, 1.165) is 0 Å². The van der Waals surface area contributed by atoms with Crippen LogP contribution in [-0.2, 0) is 19.6 Å². The van der Waals surface area contributed by atoms with E-state index in [1.807, 2.05) is 0 Å². The molecular weight excluding hydrogens is 446 g/mol. The van der Waals surface area contributed by atoms with Gasteiger partial charge in [0.25, 0.3) is 5.91 Å². The van der Waals surface area contributed by atoms with Gasteiger partial charge in [0.1, 0.15) is 5.75 Å². The summed E-state index contributed by atoms with van der Waals surface area (Å²) in [5.74, 6) is -0.608. The molecule has 1 aliphatic heterocycles. The first-order chi connectivity index (χ1) is 15.9. The molecular formula is C23H29N3O6S. The standard InChI is InChI=1S/C23H29N3O6S/c1-31-15-13-24-23(28)20-7-3-4-8-21(20)25-22(27)17-6-5-14-26(16-17)33(29,30)19-11-9-18(32-2)10-12-19/h3-4,7-12,17H,5-6,13-16H2,1-2H3,(H,24,28)(H,25,27)/t17-/m0/s1. The van der Waals surface area contributed by atoms with Crippen molar-refractivity contribution in [3.63, 3.8) is 0 Å². The Morgan fingerprint density at radius 1 is 1.09 bits per heavy atom. The van der Waals surface area contributed by atoms with Crippen LogP contribution in [0.3, 0.4) is 0 Å². The number of carbonyl (C=O) groups excluding carboxylic acids is 2. The van der Waals surface area contributed by atoms with Crippen molar-refractivity contribution in [3.05, 3.63) is 54.1 Å². The minimum absolute atomic E-state index is 0.0718. The number of amides is 2. The van der Waals surface area contributed by atoms with E-state index in [0.29, 0.717) is 49.5 Å². The van der Waals surface area contributed by atoms with Crippen molar-refractivity contribution in [1.82, 2.24) is 9.62 Å². The second-order valence-electron chi connectivity index (χ2n) is 7.66. The summed E-state index contributed by atoms with van der Waals surface area (Å²) < 4.78 is 37.5. The summed E-state index contributed by atoms with van der Waals surface area (Å²) >= 11 is 0. The molecule has 1 atom stereocenters. The van der Waals surface area contributed by atoms with Crippen LogP contribution in [0.5, 0.6) is 5.75 Å². The Labute approximate surface area is 194 Å². The number of nitrogens with zero attached hydrogens (tertiary/aromatic N) is 1. The molecule has 1 fully saturated rings. The summed E-state index contributed by atoms with van der Waals surface area (Å²) in [6, 6.07) is 12.9. The molecule has 3 rings (SSSR count). The number of hydrogen-bond acceptors (Lipinski definition) is 6.